The molecule has 1 unspecified atom stereocenters. The minimum Gasteiger partial charge on any atom is -0.370 e. The molecule has 1 aliphatic rings. The van der Waals surface area contributed by atoms with E-state index < -0.39 is 0 Å². The van der Waals surface area contributed by atoms with E-state index in [2.05, 4.69) is 0 Å². The second-order valence-electron chi connectivity index (χ2n) is 5.03. The Morgan fingerprint density at radius 1 is 1.14 bits per heavy atom. The lowest BCUT2D eigenvalue weighted by Gasteiger charge is -2.33. The Hall–Kier alpha value is -1.84. The molecule has 0 N–H and O–H groups in total. The number of hydrogen-bond donors (Lipinski definition) is 0. The average Bonchev–Trinajstić information content (AvgIpc) is 2.55. The normalized spacial score (nSPS) is 18.5. The number of halogens is 1. The standard InChI is InChI=1S/C17H16ClNO2/c18-15-8-4-7-14(11-15)17(20)19-9-10-21-16(12-19)13-5-2-1-3-6-13/h1-8,11,16H,9-10,12H2. The zero-order valence-electron chi connectivity index (χ0n) is 11.5. The number of rotatable bonds is 2. The maximum absolute atomic E-state index is 12.5. The Balaban J connectivity index is 1.75. The molecule has 2 aromatic rings. The topological polar surface area (TPSA) is 29.5 Å². The van der Waals surface area contributed by atoms with E-state index in [1.807, 2.05) is 35.2 Å². The minimum absolute atomic E-state index is 0.00160. The zero-order valence-corrected chi connectivity index (χ0v) is 12.3. The number of carbonyl (C=O) groups is 1. The van der Waals surface area contributed by atoms with E-state index in [4.69, 9.17) is 16.3 Å². The van der Waals surface area contributed by atoms with Crippen molar-refractivity contribution < 1.29 is 9.53 Å². The van der Waals surface area contributed by atoms with Crippen LogP contribution >= 0.6 is 11.6 Å². The molecular weight excluding hydrogens is 286 g/mol. The molecule has 108 valence electrons. The summed E-state index contributed by atoms with van der Waals surface area (Å²) in [5, 5.41) is 0.578. The summed E-state index contributed by atoms with van der Waals surface area (Å²) in [5.74, 6) is 0.00160. The van der Waals surface area contributed by atoms with Gasteiger partial charge in [0, 0.05) is 17.1 Å². The molecule has 1 aliphatic heterocycles. The Bertz CT molecular complexity index is 630. The van der Waals surface area contributed by atoms with Crippen LogP contribution < -0.4 is 0 Å². The third-order valence-electron chi connectivity index (χ3n) is 3.60. The average molecular weight is 302 g/mol. The number of nitrogens with zero attached hydrogens (tertiary/aromatic N) is 1. The molecule has 2 aromatic carbocycles. The fraction of sp³-hybridized carbons (Fsp3) is 0.235. The Kier molecular flexibility index (Phi) is 4.23. The highest BCUT2D eigenvalue weighted by Gasteiger charge is 2.26. The first-order valence-electron chi connectivity index (χ1n) is 6.95. The van der Waals surface area contributed by atoms with Crippen LogP contribution in [0.4, 0.5) is 0 Å². The maximum Gasteiger partial charge on any atom is 0.254 e. The summed E-state index contributed by atoms with van der Waals surface area (Å²) in [5.41, 5.74) is 1.72. The molecule has 0 aliphatic carbocycles. The van der Waals surface area contributed by atoms with Crippen molar-refractivity contribution in [2.24, 2.45) is 0 Å². The highest BCUT2D eigenvalue weighted by atomic mass is 35.5. The fourth-order valence-corrected chi connectivity index (χ4v) is 2.70. The first kappa shape index (κ1) is 14.1. The minimum atomic E-state index is -0.0666. The van der Waals surface area contributed by atoms with E-state index >= 15 is 0 Å². The first-order valence-corrected chi connectivity index (χ1v) is 7.33. The van der Waals surface area contributed by atoms with Crippen molar-refractivity contribution in [1.82, 2.24) is 4.90 Å². The van der Waals surface area contributed by atoms with Crippen molar-refractivity contribution in [1.29, 1.82) is 0 Å². The highest BCUT2D eigenvalue weighted by Crippen LogP contribution is 2.23. The van der Waals surface area contributed by atoms with Gasteiger partial charge in [-0.3, -0.25) is 4.79 Å². The van der Waals surface area contributed by atoms with Crippen molar-refractivity contribution in [3.8, 4) is 0 Å². The van der Waals surface area contributed by atoms with Gasteiger partial charge in [0.05, 0.1) is 13.2 Å². The summed E-state index contributed by atoms with van der Waals surface area (Å²) in [4.78, 5) is 14.4. The van der Waals surface area contributed by atoms with E-state index in [9.17, 15) is 4.79 Å². The Morgan fingerprint density at radius 3 is 2.71 bits per heavy atom. The first-order chi connectivity index (χ1) is 10.2. The molecule has 1 atom stereocenters. The lowest BCUT2D eigenvalue weighted by Crippen LogP contribution is -2.42. The predicted molar refractivity (Wildman–Crippen MR) is 82.5 cm³/mol. The predicted octanol–water partition coefficient (Wildman–Crippen LogP) is 3.55. The molecule has 1 heterocycles. The summed E-state index contributed by atoms with van der Waals surface area (Å²) in [6, 6.07) is 17.1. The molecule has 0 spiro atoms. The monoisotopic (exact) mass is 301 g/mol. The third-order valence-corrected chi connectivity index (χ3v) is 3.83. The van der Waals surface area contributed by atoms with Crippen molar-refractivity contribution >= 4 is 17.5 Å². The van der Waals surface area contributed by atoms with Crippen molar-refractivity contribution in [2.75, 3.05) is 19.7 Å². The molecule has 4 heteroatoms. The van der Waals surface area contributed by atoms with E-state index in [0.29, 0.717) is 30.3 Å². The Labute approximate surface area is 129 Å². The molecule has 0 aromatic heterocycles. The number of carbonyl (C=O) groups excluding carboxylic acids is 1. The molecule has 1 fully saturated rings. The van der Waals surface area contributed by atoms with Crippen LogP contribution in [-0.2, 0) is 4.74 Å². The van der Waals surface area contributed by atoms with Gasteiger partial charge in [-0.1, -0.05) is 48.0 Å². The Morgan fingerprint density at radius 2 is 1.95 bits per heavy atom. The van der Waals surface area contributed by atoms with Gasteiger partial charge in [0.15, 0.2) is 0 Å². The van der Waals surface area contributed by atoms with Crippen LogP contribution in [0.3, 0.4) is 0 Å². The molecule has 3 rings (SSSR count). The summed E-state index contributed by atoms with van der Waals surface area (Å²) in [6.07, 6.45) is -0.0666. The zero-order chi connectivity index (χ0) is 14.7. The van der Waals surface area contributed by atoms with Crippen molar-refractivity contribution in [2.45, 2.75) is 6.10 Å². The summed E-state index contributed by atoms with van der Waals surface area (Å²) < 4.78 is 5.78. The number of amides is 1. The van der Waals surface area contributed by atoms with Crippen LogP contribution in [0.2, 0.25) is 5.02 Å². The van der Waals surface area contributed by atoms with Crippen LogP contribution in [0.5, 0.6) is 0 Å². The van der Waals surface area contributed by atoms with E-state index in [1.165, 1.54) is 0 Å². The van der Waals surface area contributed by atoms with Crippen LogP contribution in [0.1, 0.15) is 22.0 Å². The molecule has 1 saturated heterocycles. The van der Waals surface area contributed by atoms with E-state index in [0.717, 1.165) is 5.56 Å². The van der Waals surface area contributed by atoms with Gasteiger partial charge in [0.25, 0.3) is 5.91 Å². The SMILES string of the molecule is O=C(c1cccc(Cl)c1)N1CCOC(c2ccccc2)C1. The molecule has 3 nitrogen and oxygen atoms in total. The van der Waals surface area contributed by atoms with Crippen molar-refractivity contribution in [3.05, 3.63) is 70.7 Å². The third kappa shape index (κ3) is 3.26. The van der Waals surface area contributed by atoms with Crippen molar-refractivity contribution in [3.63, 3.8) is 0 Å². The van der Waals surface area contributed by atoms with Gasteiger partial charge in [-0.2, -0.15) is 0 Å². The lowest BCUT2D eigenvalue weighted by atomic mass is 10.1. The maximum atomic E-state index is 12.5. The number of benzene rings is 2. The highest BCUT2D eigenvalue weighted by molar-refractivity contribution is 6.30. The van der Waals surface area contributed by atoms with Gasteiger partial charge >= 0.3 is 0 Å². The number of morpholine rings is 1. The second-order valence-corrected chi connectivity index (χ2v) is 5.47. The van der Waals surface area contributed by atoms with Gasteiger partial charge in [-0.25, -0.2) is 0 Å². The van der Waals surface area contributed by atoms with Crippen LogP contribution in [0.15, 0.2) is 54.6 Å². The van der Waals surface area contributed by atoms with Crippen LogP contribution in [0, 0.1) is 0 Å². The summed E-state index contributed by atoms with van der Waals surface area (Å²) in [7, 11) is 0. The van der Waals surface area contributed by atoms with Crippen LogP contribution in [-0.4, -0.2) is 30.5 Å². The van der Waals surface area contributed by atoms with E-state index in [1.54, 1.807) is 24.3 Å². The van der Waals surface area contributed by atoms with Crippen LogP contribution in [0.25, 0.3) is 0 Å². The lowest BCUT2D eigenvalue weighted by molar-refractivity contribution is -0.0228. The molecule has 0 bridgehead atoms. The van der Waals surface area contributed by atoms with Gasteiger partial charge in [-0.15, -0.1) is 0 Å². The quantitative estimate of drug-likeness (QED) is 0.849. The number of ether oxygens (including phenoxy) is 1. The summed E-state index contributed by atoms with van der Waals surface area (Å²) in [6.45, 7) is 1.72. The van der Waals surface area contributed by atoms with Gasteiger partial charge in [0.1, 0.15) is 6.10 Å². The van der Waals surface area contributed by atoms with E-state index in [-0.39, 0.29) is 12.0 Å². The molecule has 0 saturated carbocycles. The molecule has 1 amide bonds. The summed E-state index contributed by atoms with van der Waals surface area (Å²) >= 11 is 5.96. The number of hydrogen-bond acceptors (Lipinski definition) is 2. The van der Waals surface area contributed by atoms with Gasteiger partial charge < -0.3 is 9.64 Å². The molecule has 21 heavy (non-hydrogen) atoms. The largest absolute Gasteiger partial charge is 0.370 e. The molecule has 0 radical (unpaired) electrons. The second kappa shape index (κ2) is 6.29. The molecular formula is C17H16ClNO2. The smallest absolute Gasteiger partial charge is 0.254 e. The van der Waals surface area contributed by atoms with Gasteiger partial charge in [0.2, 0.25) is 0 Å². The van der Waals surface area contributed by atoms with Gasteiger partial charge in [-0.05, 0) is 23.8 Å². The fourth-order valence-electron chi connectivity index (χ4n) is 2.51.